The van der Waals surface area contributed by atoms with Crippen molar-refractivity contribution in [1.29, 1.82) is 0 Å². The van der Waals surface area contributed by atoms with Gasteiger partial charge in [-0.05, 0) is 31.4 Å². The SMILES string of the molecule is CCCC(C)COc1ccc(C)cc1C(N)=S. The first-order chi connectivity index (χ1) is 8.04. The maximum atomic E-state index is 5.80. The average Bonchev–Trinajstić information content (AvgIpc) is 2.27. The molecule has 0 aliphatic carbocycles. The zero-order valence-electron chi connectivity index (χ0n) is 10.8. The van der Waals surface area contributed by atoms with Crippen LogP contribution in [0.1, 0.15) is 37.8 Å². The molecule has 2 nitrogen and oxygen atoms in total. The van der Waals surface area contributed by atoms with Crippen LogP contribution in [0, 0.1) is 12.8 Å². The second kappa shape index (κ2) is 6.60. The van der Waals surface area contributed by atoms with Gasteiger partial charge in [-0.25, -0.2) is 0 Å². The maximum Gasteiger partial charge on any atom is 0.129 e. The molecular weight excluding hydrogens is 230 g/mol. The molecule has 17 heavy (non-hydrogen) atoms. The molecule has 1 rings (SSSR count). The van der Waals surface area contributed by atoms with E-state index in [9.17, 15) is 0 Å². The molecule has 1 aromatic rings. The number of nitrogens with two attached hydrogens (primary N) is 1. The summed E-state index contributed by atoms with van der Waals surface area (Å²) >= 11 is 5.04. The van der Waals surface area contributed by atoms with E-state index in [0.717, 1.165) is 16.9 Å². The van der Waals surface area contributed by atoms with Crippen molar-refractivity contribution in [2.75, 3.05) is 6.61 Å². The molecule has 3 heteroatoms. The lowest BCUT2D eigenvalue weighted by Gasteiger charge is -2.15. The highest BCUT2D eigenvalue weighted by atomic mass is 32.1. The fourth-order valence-electron chi connectivity index (χ4n) is 1.77. The predicted octanol–water partition coefficient (Wildman–Crippen LogP) is 3.44. The summed E-state index contributed by atoms with van der Waals surface area (Å²) in [6, 6.07) is 5.94. The third-order valence-electron chi connectivity index (χ3n) is 2.71. The highest BCUT2D eigenvalue weighted by molar-refractivity contribution is 7.80. The van der Waals surface area contributed by atoms with E-state index in [0.29, 0.717) is 17.5 Å². The Hall–Kier alpha value is -1.09. The third-order valence-corrected chi connectivity index (χ3v) is 2.93. The zero-order chi connectivity index (χ0) is 12.8. The number of hydrogen-bond donors (Lipinski definition) is 1. The predicted molar refractivity (Wildman–Crippen MR) is 76.6 cm³/mol. The third kappa shape index (κ3) is 4.35. The molecule has 1 aromatic carbocycles. The van der Waals surface area contributed by atoms with Crippen molar-refractivity contribution in [1.82, 2.24) is 0 Å². The van der Waals surface area contributed by atoms with Gasteiger partial charge in [0, 0.05) is 0 Å². The topological polar surface area (TPSA) is 35.2 Å². The van der Waals surface area contributed by atoms with E-state index in [1.165, 1.54) is 12.8 Å². The Bertz CT molecular complexity index is 390. The van der Waals surface area contributed by atoms with Crippen LogP contribution in [0.5, 0.6) is 5.75 Å². The average molecular weight is 251 g/mol. The van der Waals surface area contributed by atoms with Crippen LogP contribution in [0.15, 0.2) is 18.2 Å². The van der Waals surface area contributed by atoms with Gasteiger partial charge in [0.1, 0.15) is 10.7 Å². The zero-order valence-corrected chi connectivity index (χ0v) is 11.6. The summed E-state index contributed by atoms with van der Waals surface area (Å²) in [5, 5.41) is 0. The van der Waals surface area contributed by atoms with E-state index in [1.54, 1.807) is 0 Å². The number of aryl methyl sites for hydroxylation is 1. The molecule has 1 atom stereocenters. The van der Waals surface area contributed by atoms with Crippen molar-refractivity contribution < 1.29 is 4.74 Å². The van der Waals surface area contributed by atoms with Crippen LogP contribution in [-0.2, 0) is 0 Å². The van der Waals surface area contributed by atoms with E-state index in [2.05, 4.69) is 13.8 Å². The van der Waals surface area contributed by atoms with E-state index in [1.807, 2.05) is 25.1 Å². The van der Waals surface area contributed by atoms with Crippen molar-refractivity contribution in [3.05, 3.63) is 29.3 Å². The van der Waals surface area contributed by atoms with Crippen LogP contribution >= 0.6 is 12.2 Å². The molecule has 0 fully saturated rings. The number of hydrogen-bond acceptors (Lipinski definition) is 2. The Kier molecular flexibility index (Phi) is 5.42. The first-order valence-electron chi connectivity index (χ1n) is 6.07. The minimum absolute atomic E-state index is 0.395. The normalized spacial score (nSPS) is 12.2. The molecule has 0 saturated carbocycles. The van der Waals surface area contributed by atoms with Crippen LogP contribution in [0.3, 0.4) is 0 Å². The molecule has 0 bridgehead atoms. The summed E-state index contributed by atoms with van der Waals surface area (Å²) in [5.41, 5.74) is 7.68. The highest BCUT2D eigenvalue weighted by Crippen LogP contribution is 2.21. The van der Waals surface area contributed by atoms with Crippen LogP contribution in [-0.4, -0.2) is 11.6 Å². The second-order valence-corrected chi connectivity index (χ2v) is 5.01. The molecule has 0 saturated heterocycles. The summed E-state index contributed by atoms with van der Waals surface area (Å²) in [6.45, 7) is 7.11. The van der Waals surface area contributed by atoms with Gasteiger partial charge in [0.25, 0.3) is 0 Å². The second-order valence-electron chi connectivity index (χ2n) is 4.57. The Morgan fingerprint density at radius 1 is 1.47 bits per heavy atom. The lowest BCUT2D eigenvalue weighted by molar-refractivity contribution is 0.251. The first kappa shape index (κ1) is 14.0. The van der Waals surface area contributed by atoms with Crippen LogP contribution in [0.4, 0.5) is 0 Å². The largest absolute Gasteiger partial charge is 0.493 e. The monoisotopic (exact) mass is 251 g/mol. The summed E-state index contributed by atoms with van der Waals surface area (Å²) < 4.78 is 5.80. The first-order valence-corrected chi connectivity index (χ1v) is 6.48. The fourth-order valence-corrected chi connectivity index (χ4v) is 1.93. The van der Waals surface area contributed by atoms with E-state index in [4.69, 9.17) is 22.7 Å². The van der Waals surface area contributed by atoms with Gasteiger partial charge < -0.3 is 10.5 Å². The Morgan fingerprint density at radius 2 is 2.18 bits per heavy atom. The molecule has 94 valence electrons. The standard InChI is InChI=1S/C14H21NOS/c1-4-5-11(3)9-16-13-7-6-10(2)8-12(13)14(15)17/h6-8,11H,4-5,9H2,1-3H3,(H2,15,17). The number of rotatable bonds is 6. The van der Waals surface area contributed by atoms with Crippen molar-refractivity contribution >= 4 is 17.2 Å². The van der Waals surface area contributed by atoms with E-state index >= 15 is 0 Å². The van der Waals surface area contributed by atoms with Gasteiger partial charge >= 0.3 is 0 Å². The summed E-state index contributed by atoms with van der Waals surface area (Å²) in [6.07, 6.45) is 2.36. The maximum absolute atomic E-state index is 5.80. The van der Waals surface area contributed by atoms with Crippen molar-refractivity contribution in [3.63, 3.8) is 0 Å². The van der Waals surface area contributed by atoms with Crippen molar-refractivity contribution in [2.24, 2.45) is 11.7 Å². The van der Waals surface area contributed by atoms with Crippen LogP contribution in [0.25, 0.3) is 0 Å². The molecule has 0 amide bonds. The molecule has 0 aromatic heterocycles. The Labute approximate surface area is 109 Å². The van der Waals surface area contributed by atoms with E-state index in [-0.39, 0.29) is 0 Å². The minimum atomic E-state index is 0.395. The molecule has 0 heterocycles. The van der Waals surface area contributed by atoms with Gasteiger partial charge in [-0.2, -0.15) is 0 Å². The summed E-state index contributed by atoms with van der Waals surface area (Å²) in [7, 11) is 0. The Balaban J connectivity index is 2.73. The molecular formula is C14H21NOS. The molecule has 0 spiro atoms. The number of thiocarbonyl (C=S) groups is 1. The van der Waals surface area contributed by atoms with Crippen LogP contribution < -0.4 is 10.5 Å². The number of benzene rings is 1. The van der Waals surface area contributed by atoms with Gasteiger partial charge in [-0.15, -0.1) is 0 Å². The molecule has 2 N–H and O–H groups in total. The molecule has 0 aliphatic heterocycles. The highest BCUT2D eigenvalue weighted by Gasteiger charge is 2.08. The minimum Gasteiger partial charge on any atom is -0.493 e. The van der Waals surface area contributed by atoms with Gasteiger partial charge in [-0.1, -0.05) is 44.1 Å². The summed E-state index contributed by atoms with van der Waals surface area (Å²) in [4.78, 5) is 0.395. The van der Waals surface area contributed by atoms with Crippen molar-refractivity contribution in [3.8, 4) is 5.75 Å². The molecule has 0 radical (unpaired) electrons. The quantitative estimate of drug-likeness (QED) is 0.787. The van der Waals surface area contributed by atoms with E-state index < -0.39 is 0 Å². The smallest absolute Gasteiger partial charge is 0.129 e. The van der Waals surface area contributed by atoms with Gasteiger partial charge in [0.2, 0.25) is 0 Å². The summed E-state index contributed by atoms with van der Waals surface area (Å²) in [5.74, 6) is 1.35. The molecule has 0 aliphatic rings. The van der Waals surface area contributed by atoms with Crippen molar-refractivity contribution in [2.45, 2.75) is 33.6 Å². The van der Waals surface area contributed by atoms with Gasteiger partial charge in [0.15, 0.2) is 0 Å². The van der Waals surface area contributed by atoms with Crippen LogP contribution in [0.2, 0.25) is 0 Å². The van der Waals surface area contributed by atoms with Gasteiger partial charge in [0.05, 0.1) is 12.2 Å². The fraction of sp³-hybridized carbons (Fsp3) is 0.500. The Morgan fingerprint density at radius 3 is 2.76 bits per heavy atom. The van der Waals surface area contributed by atoms with Gasteiger partial charge in [-0.3, -0.25) is 0 Å². The lowest BCUT2D eigenvalue weighted by atomic mass is 10.1. The molecule has 1 unspecified atom stereocenters. The number of ether oxygens (including phenoxy) is 1. The lowest BCUT2D eigenvalue weighted by Crippen LogP contribution is -2.14.